The van der Waals surface area contributed by atoms with Crippen LogP contribution in [0.2, 0.25) is 10.0 Å². The third-order valence-electron chi connectivity index (χ3n) is 6.82. The summed E-state index contributed by atoms with van der Waals surface area (Å²) in [6, 6.07) is 1.72. The van der Waals surface area contributed by atoms with Crippen LogP contribution in [-0.4, -0.2) is 67.1 Å². The van der Waals surface area contributed by atoms with Crippen molar-refractivity contribution in [2.24, 2.45) is 16.8 Å². The van der Waals surface area contributed by atoms with Crippen molar-refractivity contribution < 1.29 is 33.0 Å². The summed E-state index contributed by atoms with van der Waals surface area (Å²) in [4.78, 5) is 31.3. The van der Waals surface area contributed by atoms with Crippen LogP contribution in [0.3, 0.4) is 0 Å². The number of hydrogen-bond acceptors (Lipinski definition) is 5. The number of ether oxygens (including phenoxy) is 2. The molecule has 0 bridgehead atoms. The average molecular weight is 531 g/mol. The van der Waals surface area contributed by atoms with Gasteiger partial charge in [-0.2, -0.15) is 8.78 Å². The van der Waals surface area contributed by atoms with Crippen LogP contribution in [0, 0.1) is 11.8 Å². The van der Waals surface area contributed by atoms with Gasteiger partial charge in [-0.25, -0.2) is 4.99 Å². The maximum absolute atomic E-state index is 13.5. The number of rotatable bonds is 7. The van der Waals surface area contributed by atoms with E-state index >= 15 is 0 Å². The van der Waals surface area contributed by atoms with E-state index in [1.165, 1.54) is 17.9 Å². The number of amides is 2. The van der Waals surface area contributed by atoms with E-state index in [4.69, 9.17) is 27.9 Å². The molecule has 1 fully saturated rings. The lowest BCUT2D eigenvalue weighted by Crippen LogP contribution is -2.44. The number of aliphatic hydroxyl groups excluding tert-OH is 1. The number of carbonyl (C=O) groups is 2. The van der Waals surface area contributed by atoms with Gasteiger partial charge in [-0.3, -0.25) is 9.59 Å². The Morgan fingerprint density at radius 1 is 1.29 bits per heavy atom. The highest BCUT2D eigenvalue weighted by atomic mass is 35.5. The van der Waals surface area contributed by atoms with Gasteiger partial charge >= 0.3 is 6.61 Å². The SMILES string of the molecule is CC1=NC(=O)C(CN2CCc3c(Cl)cc(C(CO)C4CCOCC4)c(Cl)c3C2=O)C(OC(F)F)=C1. The van der Waals surface area contributed by atoms with Gasteiger partial charge < -0.3 is 19.5 Å². The zero-order chi connectivity index (χ0) is 25.3. The molecular formula is C24H26Cl2F2N2O5. The van der Waals surface area contributed by atoms with Gasteiger partial charge in [-0.1, -0.05) is 23.2 Å². The standard InChI is InChI=1S/C24H26Cl2F2N2O5/c1-12-8-19(35-24(27)28)16(22(32)29-12)10-30-5-2-14-18(25)9-15(21(26)20(14)23(30)33)17(11-31)13-3-6-34-7-4-13/h8-9,13,16-17,24,31H,2-7,10-11H2,1H3. The number of alkyl halides is 2. The Morgan fingerprint density at radius 3 is 2.66 bits per heavy atom. The lowest BCUT2D eigenvalue weighted by atomic mass is 9.80. The molecule has 3 heterocycles. The highest BCUT2D eigenvalue weighted by molar-refractivity contribution is 6.37. The second-order valence-corrected chi connectivity index (χ2v) is 9.71. The van der Waals surface area contributed by atoms with Crippen LogP contribution in [0.5, 0.6) is 0 Å². The molecular weight excluding hydrogens is 505 g/mol. The fourth-order valence-electron chi connectivity index (χ4n) is 5.04. The van der Waals surface area contributed by atoms with Crippen LogP contribution < -0.4 is 0 Å². The number of aliphatic hydroxyl groups is 1. The fourth-order valence-corrected chi connectivity index (χ4v) is 5.74. The molecule has 190 valence electrons. The van der Waals surface area contributed by atoms with E-state index < -0.39 is 24.3 Å². The lowest BCUT2D eigenvalue weighted by Gasteiger charge is -2.35. The van der Waals surface area contributed by atoms with E-state index in [2.05, 4.69) is 9.73 Å². The van der Waals surface area contributed by atoms with E-state index in [0.29, 0.717) is 35.8 Å². The molecule has 3 aliphatic rings. The summed E-state index contributed by atoms with van der Waals surface area (Å²) >= 11 is 13.3. The third-order valence-corrected chi connectivity index (χ3v) is 7.56. The molecule has 1 N–H and O–H groups in total. The summed E-state index contributed by atoms with van der Waals surface area (Å²) in [5.41, 5.74) is 1.65. The van der Waals surface area contributed by atoms with Crippen molar-refractivity contribution in [1.82, 2.24) is 4.90 Å². The van der Waals surface area contributed by atoms with Crippen LogP contribution in [0.1, 0.15) is 47.2 Å². The first-order chi connectivity index (χ1) is 16.7. The van der Waals surface area contributed by atoms with Crippen molar-refractivity contribution >= 4 is 40.7 Å². The summed E-state index contributed by atoms with van der Waals surface area (Å²) in [5, 5.41) is 10.8. The van der Waals surface area contributed by atoms with Crippen molar-refractivity contribution in [3.63, 3.8) is 0 Å². The number of allylic oxidation sites excluding steroid dienone is 1. The summed E-state index contributed by atoms with van der Waals surface area (Å²) in [5.74, 6) is -2.69. The molecule has 3 aliphatic heterocycles. The topological polar surface area (TPSA) is 88.4 Å². The minimum absolute atomic E-state index is 0.121. The van der Waals surface area contributed by atoms with Crippen molar-refractivity contribution in [2.45, 2.75) is 38.7 Å². The summed E-state index contributed by atoms with van der Waals surface area (Å²) < 4.78 is 35.9. The number of carbonyl (C=O) groups excluding carboxylic acids is 2. The Kier molecular flexibility index (Phi) is 8.10. The summed E-state index contributed by atoms with van der Waals surface area (Å²) in [6.07, 6.45) is 3.15. The van der Waals surface area contributed by atoms with Crippen molar-refractivity contribution in [3.05, 3.63) is 44.6 Å². The number of halogens is 4. The zero-order valence-electron chi connectivity index (χ0n) is 19.1. The van der Waals surface area contributed by atoms with E-state index in [1.807, 2.05) is 0 Å². The largest absolute Gasteiger partial charge is 0.438 e. The predicted molar refractivity (Wildman–Crippen MR) is 126 cm³/mol. The van der Waals surface area contributed by atoms with Crippen LogP contribution in [0.15, 0.2) is 22.9 Å². The molecule has 0 saturated carbocycles. The maximum Gasteiger partial charge on any atom is 0.387 e. The maximum atomic E-state index is 13.5. The normalized spacial score (nSPS) is 22.1. The van der Waals surface area contributed by atoms with Crippen molar-refractivity contribution in [2.75, 3.05) is 32.9 Å². The highest BCUT2D eigenvalue weighted by Crippen LogP contribution is 2.42. The van der Waals surface area contributed by atoms with E-state index in [-0.39, 0.29) is 53.6 Å². The van der Waals surface area contributed by atoms with E-state index in [1.54, 1.807) is 6.07 Å². The first-order valence-electron chi connectivity index (χ1n) is 11.4. The molecule has 1 aromatic rings. The second-order valence-electron chi connectivity index (χ2n) is 8.92. The van der Waals surface area contributed by atoms with Gasteiger partial charge in [0.05, 0.1) is 17.2 Å². The van der Waals surface area contributed by atoms with Gasteiger partial charge in [-0.05, 0) is 55.4 Å². The first kappa shape index (κ1) is 26.0. The van der Waals surface area contributed by atoms with Crippen LogP contribution in [0.4, 0.5) is 8.78 Å². The molecule has 11 heteroatoms. The smallest absolute Gasteiger partial charge is 0.387 e. The molecule has 7 nitrogen and oxygen atoms in total. The molecule has 35 heavy (non-hydrogen) atoms. The van der Waals surface area contributed by atoms with Crippen LogP contribution in [0.25, 0.3) is 0 Å². The zero-order valence-corrected chi connectivity index (χ0v) is 20.6. The quantitative estimate of drug-likeness (QED) is 0.569. The van der Waals surface area contributed by atoms with E-state index in [0.717, 1.165) is 12.8 Å². The number of nitrogens with zero attached hydrogens (tertiary/aromatic N) is 2. The Bertz CT molecular complexity index is 1070. The summed E-state index contributed by atoms with van der Waals surface area (Å²) in [7, 11) is 0. The summed E-state index contributed by atoms with van der Waals surface area (Å²) in [6.45, 7) is -0.574. The number of aliphatic imine (C=N–C) groups is 1. The minimum atomic E-state index is -3.11. The number of hydrogen-bond donors (Lipinski definition) is 1. The van der Waals surface area contributed by atoms with Gasteiger partial charge in [-0.15, -0.1) is 0 Å². The molecule has 0 aliphatic carbocycles. The van der Waals surface area contributed by atoms with Crippen LogP contribution in [-0.2, 0) is 20.7 Å². The van der Waals surface area contributed by atoms with Gasteiger partial charge in [0.1, 0.15) is 11.7 Å². The molecule has 1 aromatic carbocycles. The lowest BCUT2D eigenvalue weighted by molar-refractivity contribution is -0.129. The monoisotopic (exact) mass is 530 g/mol. The molecule has 0 spiro atoms. The minimum Gasteiger partial charge on any atom is -0.438 e. The van der Waals surface area contributed by atoms with E-state index in [9.17, 15) is 23.5 Å². The number of dihydropyridines is 1. The molecule has 2 atom stereocenters. The predicted octanol–water partition coefficient (Wildman–Crippen LogP) is 4.23. The highest BCUT2D eigenvalue weighted by Gasteiger charge is 2.38. The molecule has 1 saturated heterocycles. The second kappa shape index (κ2) is 10.9. The molecule has 2 amide bonds. The number of fused-ring (bicyclic) bond motifs is 1. The fraction of sp³-hybridized carbons (Fsp3) is 0.542. The van der Waals surface area contributed by atoms with Gasteiger partial charge in [0.25, 0.3) is 11.8 Å². The third kappa shape index (κ3) is 5.38. The molecule has 2 unspecified atom stereocenters. The van der Waals surface area contributed by atoms with Gasteiger partial charge in [0.15, 0.2) is 0 Å². The van der Waals surface area contributed by atoms with Gasteiger partial charge in [0, 0.05) is 43.0 Å². The Labute approximate surface area is 211 Å². The first-order valence-corrected chi connectivity index (χ1v) is 12.2. The average Bonchev–Trinajstić information content (AvgIpc) is 2.81. The Balaban J connectivity index is 1.64. The molecule has 0 aromatic heterocycles. The van der Waals surface area contributed by atoms with Crippen molar-refractivity contribution in [3.8, 4) is 0 Å². The van der Waals surface area contributed by atoms with Gasteiger partial charge in [0.2, 0.25) is 0 Å². The Hall–Kier alpha value is -2.07. The van der Waals surface area contributed by atoms with Crippen molar-refractivity contribution in [1.29, 1.82) is 0 Å². The molecule has 4 rings (SSSR count). The Morgan fingerprint density at radius 2 is 2.00 bits per heavy atom. The number of benzene rings is 1. The molecule has 0 radical (unpaired) electrons. The van der Waals surface area contributed by atoms with Crippen LogP contribution >= 0.6 is 23.2 Å².